The van der Waals surface area contributed by atoms with Crippen molar-refractivity contribution in [1.29, 1.82) is 0 Å². The number of benzene rings is 1. The number of nitrogens with zero attached hydrogens (tertiary/aromatic N) is 4. The predicted molar refractivity (Wildman–Crippen MR) is 122 cm³/mol. The van der Waals surface area contributed by atoms with Crippen LogP contribution < -0.4 is 5.32 Å². The number of alkyl halides is 6. The summed E-state index contributed by atoms with van der Waals surface area (Å²) in [4.78, 5) is 12.6. The highest BCUT2D eigenvalue weighted by atomic mass is 19.4. The Kier molecular flexibility index (Phi) is 5.55. The summed E-state index contributed by atoms with van der Waals surface area (Å²) < 4.78 is 82.6. The van der Waals surface area contributed by atoms with E-state index >= 15 is 0 Å². The first-order chi connectivity index (χ1) is 16.8. The first-order valence-corrected chi connectivity index (χ1v) is 11.4. The molecule has 3 unspecified atom stereocenters. The van der Waals surface area contributed by atoms with E-state index in [1.807, 2.05) is 17.7 Å². The minimum absolute atomic E-state index is 0.0178. The Hall–Kier alpha value is -3.21. The van der Waals surface area contributed by atoms with Crippen LogP contribution in [-0.2, 0) is 32.2 Å². The quantitative estimate of drug-likeness (QED) is 0.370. The maximum absolute atomic E-state index is 13.5. The minimum atomic E-state index is -4.87. The molecule has 36 heavy (non-hydrogen) atoms. The zero-order valence-corrected chi connectivity index (χ0v) is 19.7. The van der Waals surface area contributed by atoms with E-state index in [-0.39, 0.29) is 29.6 Å². The van der Waals surface area contributed by atoms with Crippen LogP contribution in [0.1, 0.15) is 53.8 Å². The van der Waals surface area contributed by atoms with E-state index in [1.54, 1.807) is 0 Å². The van der Waals surface area contributed by atoms with E-state index in [1.165, 1.54) is 0 Å². The smallest absolute Gasteiger partial charge is 0.331 e. The highest BCUT2D eigenvalue weighted by Crippen LogP contribution is 2.41. The van der Waals surface area contributed by atoms with Gasteiger partial charge in [0.15, 0.2) is 0 Å². The number of rotatable bonds is 3. The summed E-state index contributed by atoms with van der Waals surface area (Å²) in [6.45, 7) is 4.17. The van der Waals surface area contributed by atoms with Crippen LogP contribution in [0.3, 0.4) is 0 Å². The molecule has 3 heterocycles. The third-order valence-corrected chi connectivity index (χ3v) is 6.88. The van der Waals surface area contributed by atoms with Crippen molar-refractivity contribution in [2.75, 3.05) is 0 Å². The maximum atomic E-state index is 13.5. The summed E-state index contributed by atoms with van der Waals surface area (Å²) >= 11 is 0. The van der Waals surface area contributed by atoms with Gasteiger partial charge >= 0.3 is 12.4 Å². The summed E-state index contributed by atoms with van der Waals surface area (Å²) in [7, 11) is 1.86. The van der Waals surface area contributed by atoms with Gasteiger partial charge in [0.25, 0.3) is 0 Å². The lowest BCUT2D eigenvalue weighted by Gasteiger charge is -2.41. The van der Waals surface area contributed by atoms with Gasteiger partial charge in [-0.1, -0.05) is 18.2 Å². The lowest BCUT2D eigenvalue weighted by molar-refractivity contribution is -0.139. The van der Waals surface area contributed by atoms with Crippen LogP contribution in [0.2, 0.25) is 0 Å². The van der Waals surface area contributed by atoms with Gasteiger partial charge in [-0.05, 0) is 38.5 Å². The Balaban J connectivity index is 1.48. The van der Waals surface area contributed by atoms with E-state index in [0.29, 0.717) is 24.4 Å². The molecule has 0 radical (unpaired) electrons. The Morgan fingerprint density at radius 3 is 2.31 bits per heavy atom. The van der Waals surface area contributed by atoms with Crippen molar-refractivity contribution in [3.05, 3.63) is 70.6 Å². The topological polar surface area (TPSA) is 55.6 Å². The SMILES string of the molecule is CC1C=CC2c3nc(CCc4cnc5c(C(F)(F)F)ccc(C(F)(F)F)c5n4)n(C)c3C=CC2(C)N1. The maximum Gasteiger partial charge on any atom is 0.418 e. The molecule has 1 aliphatic carbocycles. The molecule has 3 atom stereocenters. The van der Waals surface area contributed by atoms with E-state index < -0.39 is 34.5 Å². The molecular formula is C25H23F6N5. The highest BCUT2D eigenvalue weighted by Gasteiger charge is 2.41. The van der Waals surface area contributed by atoms with Crippen LogP contribution in [0, 0.1) is 0 Å². The van der Waals surface area contributed by atoms with E-state index in [4.69, 9.17) is 4.98 Å². The van der Waals surface area contributed by atoms with Crippen molar-refractivity contribution in [3.63, 3.8) is 0 Å². The third-order valence-electron chi connectivity index (χ3n) is 6.88. The van der Waals surface area contributed by atoms with Gasteiger partial charge in [-0.25, -0.2) is 9.97 Å². The zero-order chi connectivity index (χ0) is 26.0. The van der Waals surface area contributed by atoms with Gasteiger partial charge < -0.3 is 9.88 Å². The molecule has 2 aromatic heterocycles. The van der Waals surface area contributed by atoms with Crippen molar-refractivity contribution in [2.24, 2.45) is 7.05 Å². The molecule has 0 amide bonds. The monoisotopic (exact) mass is 507 g/mol. The van der Waals surface area contributed by atoms with Gasteiger partial charge in [-0.15, -0.1) is 0 Å². The summed E-state index contributed by atoms with van der Waals surface area (Å²) in [6, 6.07) is 1.02. The number of aromatic nitrogens is 4. The molecule has 1 aromatic carbocycles. The molecule has 5 rings (SSSR count). The molecule has 5 nitrogen and oxygen atoms in total. The summed E-state index contributed by atoms with van der Waals surface area (Å²) in [5.41, 5.74) is -2.42. The fourth-order valence-corrected chi connectivity index (χ4v) is 5.07. The number of aryl methyl sites for hydroxylation is 2. The van der Waals surface area contributed by atoms with Gasteiger partial charge in [-0.2, -0.15) is 26.3 Å². The summed E-state index contributed by atoms with van der Waals surface area (Å²) in [6.07, 6.45) is 0.202. The van der Waals surface area contributed by atoms with E-state index in [9.17, 15) is 26.3 Å². The average molecular weight is 507 g/mol. The molecule has 11 heteroatoms. The fraction of sp³-hybridized carbons (Fsp3) is 0.400. The van der Waals surface area contributed by atoms with Crippen molar-refractivity contribution < 1.29 is 26.3 Å². The fourth-order valence-electron chi connectivity index (χ4n) is 5.07. The van der Waals surface area contributed by atoms with E-state index in [0.717, 1.165) is 17.6 Å². The molecular weight excluding hydrogens is 484 g/mol. The Morgan fingerprint density at radius 1 is 0.972 bits per heavy atom. The second kappa shape index (κ2) is 8.16. The van der Waals surface area contributed by atoms with Crippen LogP contribution in [0.25, 0.3) is 17.1 Å². The second-order valence-electron chi connectivity index (χ2n) is 9.48. The van der Waals surface area contributed by atoms with Crippen LogP contribution >= 0.6 is 0 Å². The van der Waals surface area contributed by atoms with Gasteiger partial charge in [0.05, 0.1) is 28.2 Å². The van der Waals surface area contributed by atoms with Gasteiger partial charge in [-0.3, -0.25) is 4.98 Å². The number of fused-ring (bicyclic) bond motifs is 4. The lowest BCUT2D eigenvalue weighted by Crippen LogP contribution is -2.52. The molecule has 0 spiro atoms. The van der Waals surface area contributed by atoms with Crippen LogP contribution in [-0.4, -0.2) is 31.1 Å². The molecule has 0 saturated heterocycles. The Bertz CT molecular complexity index is 1400. The molecule has 190 valence electrons. The summed E-state index contributed by atoms with van der Waals surface area (Å²) in [5, 5.41) is 3.56. The number of hydrogen-bond acceptors (Lipinski definition) is 4. The van der Waals surface area contributed by atoms with Crippen LogP contribution in [0.5, 0.6) is 0 Å². The van der Waals surface area contributed by atoms with Crippen molar-refractivity contribution in [3.8, 4) is 0 Å². The molecule has 2 aliphatic rings. The molecule has 3 aromatic rings. The number of imidazole rings is 1. The normalized spacial score (nSPS) is 23.7. The molecule has 0 bridgehead atoms. The number of nitrogens with one attached hydrogen (secondary N) is 1. The number of hydrogen-bond donors (Lipinski definition) is 1. The first kappa shape index (κ1) is 24.5. The van der Waals surface area contributed by atoms with Crippen LogP contribution in [0.4, 0.5) is 26.3 Å². The average Bonchev–Trinajstić information content (AvgIpc) is 3.10. The van der Waals surface area contributed by atoms with Gasteiger partial charge in [0.1, 0.15) is 16.9 Å². The molecule has 0 saturated carbocycles. The minimum Gasteiger partial charge on any atom is -0.331 e. The first-order valence-electron chi connectivity index (χ1n) is 11.4. The standard InChI is InChI=1S/C25H23F6N5/c1-13-4-6-15-20-18(10-11-23(15,2)35-13)36(3)19(34-20)9-5-14-12-32-21-16(24(26,27)28)7-8-17(22(21)33-14)25(29,30)31/h4,6-8,10-13,15,35H,5,9H2,1-3H3. The predicted octanol–water partition coefficient (Wildman–Crippen LogP) is 5.60. The molecule has 1 N–H and O–H groups in total. The van der Waals surface area contributed by atoms with Crippen molar-refractivity contribution >= 4 is 17.1 Å². The second-order valence-corrected chi connectivity index (χ2v) is 9.48. The third kappa shape index (κ3) is 4.08. The summed E-state index contributed by atoms with van der Waals surface area (Å²) in [5.74, 6) is 0.715. The zero-order valence-electron chi connectivity index (χ0n) is 19.7. The van der Waals surface area contributed by atoms with E-state index in [2.05, 4.69) is 47.4 Å². The van der Waals surface area contributed by atoms with Crippen molar-refractivity contribution in [1.82, 2.24) is 24.8 Å². The van der Waals surface area contributed by atoms with Gasteiger partial charge in [0, 0.05) is 37.2 Å². The Morgan fingerprint density at radius 2 is 1.64 bits per heavy atom. The number of halogens is 6. The Labute approximate surface area is 203 Å². The van der Waals surface area contributed by atoms with Crippen LogP contribution in [0.15, 0.2) is 36.6 Å². The highest BCUT2D eigenvalue weighted by molar-refractivity contribution is 5.82. The van der Waals surface area contributed by atoms with Gasteiger partial charge in [0.2, 0.25) is 0 Å². The lowest BCUT2D eigenvalue weighted by atomic mass is 9.76. The molecule has 1 aliphatic heterocycles. The van der Waals surface area contributed by atoms with Crippen molar-refractivity contribution in [2.45, 2.75) is 56.5 Å². The molecule has 0 fully saturated rings. The largest absolute Gasteiger partial charge is 0.418 e.